The number of aryl methyl sites for hydroxylation is 1. The average molecular weight is 357 g/mol. The van der Waals surface area contributed by atoms with Gasteiger partial charge < -0.3 is 14.2 Å². The van der Waals surface area contributed by atoms with Gasteiger partial charge in [0, 0.05) is 37.4 Å². The SMILES string of the molecule is Cc1nc(C[C@@H]2OC[C@H]3CN(C(=O)c4cc(C5CC5)on4)CC[C@H]32)n[nH]1. The molecule has 1 aliphatic carbocycles. The molecule has 138 valence electrons. The van der Waals surface area contributed by atoms with Crippen LogP contribution < -0.4 is 0 Å². The molecule has 26 heavy (non-hydrogen) atoms. The van der Waals surface area contributed by atoms with Crippen molar-refractivity contribution in [2.75, 3.05) is 19.7 Å². The predicted octanol–water partition coefficient (Wildman–Crippen LogP) is 1.70. The van der Waals surface area contributed by atoms with Crippen molar-refractivity contribution in [2.45, 2.75) is 44.6 Å². The smallest absolute Gasteiger partial charge is 0.276 e. The van der Waals surface area contributed by atoms with E-state index in [9.17, 15) is 4.79 Å². The molecule has 0 radical (unpaired) electrons. The van der Waals surface area contributed by atoms with E-state index in [1.165, 1.54) is 0 Å². The third-order valence-corrected chi connectivity index (χ3v) is 5.84. The molecule has 3 aliphatic rings. The Balaban J connectivity index is 1.22. The van der Waals surface area contributed by atoms with Crippen molar-refractivity contribution in [3.05, 3.63) is 29.2 Å². The number of ether oxygens (including phenoxy) is 1. The van der Waals surface area contributed by atoms with E-state index in [4.69, 9.17) is 9.26 Å². The first-order valence-corrected chi connectivity index (χ1v) is 9.43. The minimum Gasteiger partial charge on any atom is -0.377 e. The van der Waals surface area contributed by atoms with Crippen molar-refractivity contribution in [1.82, 2.24) is 25.2 Å². The molecule has 2 saturated heterocycles. The summed E-state index contributed by atoms with van der Waals surface area (Å²) in [7, 11) is 0. The summed E-state index contributed by atoms with van der Waals surface area (Å²) in [5.41, 5.74) is 0.442. The van der Waals surface area contributed by atoms with E-state index in [1.54, 1.807) is 0 Å². The Morgan fingerprint density at radius 1 is 1.38 bits per heavy atom. The van der Waals surface area contributed by atoms with Gasteiger partial charge in [-0.05, 0) is 32.1 Å². The largest absolute Gasteiger partial charge is 0.377 e. The first-order valence-electron chi connectivity index (χ1n) is 9.43. The number of aromatic amines is 1. The maximum atomic E-state index is 12.8. The number of aromatic nitrogens is 4. The third-order valence-electron chi connectivity index (χ3n) is 5.84. The highest BCUT2D eigenvalue weighted by atomic mass is 16.5. The second kappa shape index (κ2) is 6.19. The van der Waals surface area contributed by atoms with E-state index in [0.717, 1.165) is 56.2 Å². The van der Waals surface area contributed by atoms with Crippen molar-refractivity contribution in [3.8, 4) is 0 Å². The monoisotopic (exact) mass is 357 g/mol. The van der Waals surface area contributed by atoms with Crippen molar-refractivity contribution in [1.29, 1.82) is 0 Å². The van der Waals surface area contributed by atoms with E-state index in [1.807, 2.05) is 17.9 Å². The van der Waals surface area contributed by atoms with Gasteiger partial charge in [0.1, 0.15) is 11.6 Å². The zero-order chi connectivity index (χ0) is 17.7. The summed E-state index contributed by atoms with van der Waals surface area (Å²) in [4.78, 5) is 19.0. The molecule has 1 amide bonds. The van der Waals surface area contributed by atoms with Crippen molar-refractivity contribution < 1.29 is 14.1 Å². The van der Waals surface area contributed by atoms with E-state index in [-0.39, 0.29) is 12.0 Å². The summed E-state index contributed by atoms with van der Waals surface area (Å²) in [6, 6.07) is 1.83. The van der Waals surface area contributed by atoms with Crippen LogP contribution >= 0.6 is 0 Å². The molecule has 0 bridgehead atoms. The number of nitrogens with one attached hydrogen (secondary N) is 1. The highest BCUT2D eigenvalue weighted by Gasteiger charge is 2.42. The zero-order valence-corrected chi connectivity index (χ0v) is 14.9. The molecule has 4 heterocycles. The Labute approximate surface area is 151 Å². The molecule has 5 rings (SSSR count). The van der Waals surface area contributed by atoms with E-state index in [2.05, 4.69) is 20.3 Å². The lowest BCUT2D eigenvalue weighted by molar-refractivity contribution is 0.0600. The number of hydrogen-bond donors (Lipinski definition) is 1. The second-order valence-corrected chi connectivity index (χ2v) is 7.77. The van der Waals surface area contributed by atoms with Gasteiger partial charge >= 0.3 is 0 Å². The lowest BCUT2D eigenvalue weighted by atomic mass is 9.83. The standard InChI is InChI=1S/C18H23N5O3/c1-10-19-17(21-20-10)7-16-13-4-5-23(8-12(13)9-25-16)18(24)14-6-15(26-22-14)11-2-3-11/h6,11-13,16H,2-5,7-9H2,1H3,(H,19,20,21)/t12-,13-,16+/m1/s1. The molecule has 8 heteroatoms. The minimum absolute atomic E-state index is 0.0212. The summed E-state index contributed by atoms with van der Waals surface area (Å²) >= 11 is 0. The Bertz CT molecular complexity index is 811. The fraction of sp³-hybridized carbons (Fsp3) is 0.667. The van der Waals surface area contributed by atoms with E-state index >= 15 is 0 Å². The molecule has 0 aromatic carbocycles. The Hall–Kier alpha value is -2.22. The molecule has 2 aliphatic heterocycles. The van der Waals surface area contributed by atoms with Crippen LogP contribution in [0.3, 0.4) is 0 Å². The lowest BCUT2D eigenvalue weighted by Gasteiger charge is -2.35. The van der Waals surface area contributed by atoms with Crippen LogP contribution in [0.4, 0.5) is 0 Å². The maximum Gasteiger partial charge on any atom is 0.276 e. The fourth-order valence-corrected chi connectivity index (χ4v) is 4.25. The molecule has 0 spiro atoms. The van der Waals surface area contributed by atoms with Gasteiger partial charge in [0.2, 0.25) is 0 Å². The summed E-state index contributed by atoms with van der Waals surface area (Å²) in [5.74, 6) is 3.76. The van der Waals surface area contributed by atoms with Gasteiger partial charge in [0.25, 0.3) is 5.91 Å². The maximum absolute atomic E-state index is 12.8. The number of nitrogens with zero attached hydrogens (tertiary/aromatic N) is 4. The number of carbonyl (C=O) groups excluding carboxylic acids is 1. The second-order valence-electron chi connectivity index (χ2n) is 7.77. The van der Waals surface area contributed by atoms with Gasteiger partial charge in [0.15, 0.2) is 11.5 Å². The van der Waals surface area contributed by atoms with Crippen LogP contribution in [-0.4, -0.2) is 56.9 Å². The predicted molar refractivity (Wildman–Crippen MR) is 90.5 cm³/mol. The topological polar surface area (TPSA) is 97.1 Å². The molecule has 8 nitrogen and oxygen atoms in total. The molecular formula is C18H23N5O3. The van der Waals surface area contributed by atoms with Gasteiger partial charge in [-0.25, -0.2) is 4.98 Å². The first-order chi connectivity index (χ1) is 12.7. The number of amides is 1. The number of rotatable bonds is 4. The molecule has 0 unspecified atom stereocenters. The van der Waals surface area contributed by atoms with Crippen LogP contribution in [-0.2, 0) is 11.2 Å². The number of likely N-dealkylation sites (tertiary alicyclic amines) is 1. The molecule has 2 aromatic rings. The number of carbonyl (C=O) groups is 1. The van der Waals surface area contributed by atoms with Crippen LogP contribution in [0.25, 0.3) is 0 Å². The summed E-state index contributed by atoms with van der Waals surface area (Å²) < 4.78 is 11.4. The normalized spacial score (nSPS) is 28.3. The average Bonchev–Trinajstić information content (AvgIpc) is 3.05. The Morgan fingerprint density at radius 2 is 2.27 bits per heavy atom. The van der Waals surface area contributed by atoms with E-state index in [0.29, 0.717) is 30.1 Å². The molecule has 3 atom stereocenters. The van der Waals surface area contributed by atoms with Crippen molar-refractivity contribution in [3.63, 3.8) is 0 Å². The molecule has 2 aromatic heterocycles. The molecule has 1 N–H and O–H groups in total. The number of H-pyrrole nitrogens is 1. The van der Waals surface area contributed by atoms with Gasteiger partial charge in [0.05, 0.1) is 12.7 Å². The Morgan fingerprint density at radius 3 is 3.04 bits per heavy atom. The van der Waals surface area contributed by atoms with E-state index < -0.39 is 0 Å². The zero-order valence-electron chi connectivity index (χ0n) is 14.9. The molecule has 1 saturated carbocycles. The quantitative estimate of drug-likeness (QED) is 0.894. The molecule has 3 fully saturated rings. The van der Waals surface area contributed by atoms with Gasteiger partial charge in [-0.15, -0.1) is 0 Å². The highest BCUT2D eigenvalue weighted by molar-refractivity contribution is 5.92. The highest BCUT2D eigenvalue weighted by Crippen LogP contribution is 2.40. The fourth-order valence-electron chi connectivity index (χ4n) is 4.25. The van der Waals surface area contributed by atoms with Crippen LogP contribution in [0, 0.1) is 18.8 Å². The number of piperidine rings is 1. The van der Waals surface area contributed by atoms with Gasteiger partial charge in [-0.2, -0.15) is 5.10 Å². The van der Waals surface area contributed by atoms with Crippen LogP contribution in [0.15, 0.2) is 10.6 Å². The minimum atomic E-state index is -0.0212. The third kappa shape index (κ3) is 2.92. The summed E-state index contributed by atoms with van der Waals surface area (Å²) in [6.45, 7) is 4.04. The van der Waals surface area contributed by atoms with Crippen LogP contribution in [0.1, 0.15) is 53.1 Å². The van der Waals surface area contributed by atoms with Crippen molar-refractivity contribution >= 4 is 5.91 Å². The lowest BCUT2D eigenvalue weighted by Crippen LogP contribution is -2.44. The summed E-state index contributed by atoms with van der Waals surface area (Å²) in [6.07, 6.45) is 4.09. The van der Waals surface area contributed by atoms with Crippen molar-refractivity contribution in [2.24, 2.45) is 11.8 Å². The number of hydrogen-bond acceptors (Lipinski definition) is 6. The molecular weight excluding hydrogens is 334 g/mol. The number of fused-ring (bicyclic) bond motifs is 1. The summed E-state index contributed by atoms with van der Waals surface area (Å²) in [5, 5.41) is 11.1. The Kier molecular flexibility index (Phi) is 3.81. The van der Waals surface area contributed by atoms with Gasteiger partial charge in [-0.1, -0.05) is 5.16 Å². The first kappa shape index (κ1) is 16.0. The van der Waals surface area contributed by atoms with Crippen LogP contribution in [0.5, 0.6) is 0 Å². The van der Waals surface area contributed by atoms with Crippen LogP contribution in [0.2, 0.25) is 0 Å². The van der Waals surface area contributed by atoms with Gasteiger partial charge in [-0.3, -0.25) is 9.89 Å².